The molecule has 0 aliphatic carbocycles. The molecule has 0 bridgehead atoms. The summed E-state index contributed by atoms with van der Waals surface area (Å²) in [4.78, 5) is 28.0. The van der Waals surface area contributed by atoms with Crippen LogP contribution in [0.2, 0.25) is 0 Å². The molecular weight excluding hydrogens is 364 g/mol. The van der Waals surface area contributed by atoms with E-state index in [2.05, 4.69) is 10.3 Å². The number of benzene rings is 2. The molecule has 7 heteroatoms. The van der Waals surface area contributed by atoms with Gasteiger partial charge in [-0.25, -0.2) is 9.78 Å². The Bertz CT molecular complexity index is 924. The lowest BCUT2D eigenvalue weighted by Gasteiger charge is -2.08. The van der Waals surface area contributed by atoms with Gasteiger partial charge in [0.1, 0.15) is 5.75 Å². The van der Waals surface area contributed by atoms with Crippen molar-refractivity contribution in [3.63, 3.8) is 0 Å². The molecule has 6 nitrogen and oxygen atoms in total. The third-order valence-corrected chi connectivity index (χ3v) is 4.38. The Balaban J connectivity index is 1.44. The van der Waals surface area contributed by atoms with E-state index in [1.165, 1.54) is 11.3 Å². The van der Waals surface area contributed by atoms with E-state index in [1.807, 2.05) is 60.8 Å². The summed E-state index contributed by atoms with van der Waals surface area (Å²) in [7, 11) is 0. The lowest BCUT2D eigenvalue weighted by Crippen LogP contribution is -2.23. The van der Waals surface area contributed by atoms with Crippen LogP contribution < -0.4 is 10.1 Å². The zero-order valence-electron chi connectivity index (χ0n) is 14.7. The summed E-state index contributed by atoms with van der Waals surface area (Å²) in [6.07, 6.45) is 0. The highest BCUT2D eigenvalue weighted by Gasteiger charge is 2.11. The minimum absolute atomic E-state index is 0.256. The van der Waals surface area contributed by atoms with Gasteiger partial charge < -0.3 is 9.47 Å². The fraction of sp³-hybridized carbons (Fsp3) is 0.150. The van der Waals surface area contributed by atoms with Crippen LogP contribution >= 0.6 is 11.3 Å². The van der Waals surface area contributed by atoms with Crippen molar-refractivity contribution in [3.8, 4) is 17.0 Å². The van der Waals surface area contributed by atoms with Crippen molar-refractivity contribution in [1.82, 2.24) is 4.98 Å². The third kappa shape index (κ3) is 5.39. The number of hydrogen-bond donors (Lipinski definition) is 1. The zero-order chi connectivity index (χ0) is 19.1. The first kappa shape index (κ1) is 18.6. The first-order valence-electron chi connectivity index (χ1n) is 8.26. The highest BCUT2D eigenvalue weighted by molar-refractivity contribution is 7.14. The molecule has 0 saturated heterocycles. The second kappa shape index (κ2) is 8.95. The molecular formula is C20H18N2O4S. The van der Waals surface area contributed by atoms with Gasteiger partial charge in [0.2, 0.25) is 0 Å². The van der Waals surface area contributed by atoms with E-state index >= 15 is 0 Å². The van der Waals surface area contributed by atoms with E-state index in [1.54, 1.807) is 6.07 Å². The Morgan fingerprint density at radius 3 is 2.56 bits per heavy atom. The predicted octanol–water partition coefficient (Wildman–Crippen LogP) is 3.68. The summed E-state index contributed by atoms with van der Waals surface area (Å²) < 4.78 is 10.3. The molecule has 3 aromatic rings. The number of nitrogens with zero attached hydrogens (tertiary/aromatic N) is 1. The molecule has 0 radical (unpaired) electrons. The number of thiazole rings is 1. The van der Waals surface area contributed by atoms with E-state index in [0.29, 0.717) is 10.9 Å². The van der Waals surface area contributed by atoms with Crippen LogP contribution in [0.25, 0.3) is 11.3 Å². The van der Waals surface area contributed by atoms with Crippen molar-refractivity contribution in [2.75, 3.05) is 18.5 Å². The molecule has 0 fully saturated rings. The molecule has 0 aliphatic heterocycles. The second-order valence-electron chi connectivity index (χ2n) is 5.67. The number of nitrogens with one attached hydrogen (secondary N) is 1. The van der Waals surface area contributed by atoms with Gasteiger partial charge >= 0.3 is 5.97 Å². The molecule has 0 atom stereocenters. The number of para-hydroxylation sites is 1. The quantitative estimate of drug-likeness (QED) is 0.631. The smallest absolute Gasteiger partial charge is 0.344 e. The van der Waals surface area contributed by atoms with Crippen LogP contribution in [-0.2, 0) is 14.3 Å². The summed E-state index contributed by atoms with van der Waals surface area (Å²) in [6, 6.07) is 17.0. The molecule has 3 rings (SSSR count). The average molecular weight is 382 g/mol. The van der Waals surface area contributed by atoms with Crippen molar-refractivity contribution in [2.45, 2.75) is 6.92 Å². The predicted molar refractivity (Wildman–Crippen MR) is 104 cm³/mol. The normalized spacial score (nSPS) is 10.3. The molecule has 2 aromatic carbocycles. The fourth-order valence-electron chi connectivity index (χ4n) is 2.27. The van der Waals surface area contributed by atoms with Gasteiger partial charge in [0, 0.05) is 10.9 Å². The monoisotopic (exact) mass is 382 g/mol. The maximum absolute atomic E-state index is 11.9. The molecule has 27 heavy (non-hydrogen) atoms. The maximum atomic E-state index is 11.9. The summed E-state index contributed by atoms with van der Waals surface area (Å²) in [5.41, 5.74) is 2.66. The number of amides is 1. The van der Waals surface area contributed by atoms with Crippen LogP contribution in [0.5, 0.6) is 5.75 Å². The number of carbonyl (C=O) groups is 2. The molecule has 1 aromatic heterocycles. The Hall–Kier alpha value is -3.19. The lowest BCUT2D eigenvalue weighted by atomic mass is 10.2. The van der Waals surface area contributed by atoms with Crippen LogP contribution in [0, 0.1) is 6.92 Å². The molecule has 0 saturated carbocycles. The minimum Gasteiger partial charge on any atom is -0.482 e. The molecule has 0 spiro atoms. The molecule has 1 N–H and O–H groups in total. The van der Waals surface area contributed by atoms with Crippen molar-refractivity contribution >= 4 is 28.3 Å². The van der Waals surface area contributed by atoms with E-state index < -0.39 is 18.5 Å². The topological polar surface area (TPSA) is 77.5 Å². The van der Waals surface area contributed by atoms with Crippen molar-refractivity contribution in [2.24, 2.45) is 0 Å². The second-order valence-corrected chi connectivity index (χ2v) is 6.53. The van der Waals surface area contributed by atoms with Crippen molar-refractivity contribution in [1.29, 1.82) is 0 Å². The Labute approximate surface area is 160 Å². The fourth-order valence-corrected chi connectivity index (χ4v) is 3.01. The maximum Gasteiger partial charge on any atom is 0.344 e. The van der Waals surface area contributed by atoms with Gasteiger partial charge in [-0.2, -0.15) is 0 Å². The van der Waals surface area contributed by atoms with Gasteiger partial charge in [-0.05, 0) is 18.6 Å². The van der Waals surface area contributed by atoms with E-state index in [4.69, 9.17) is 9.47 Å². The first-order chi connectivity index (χ1) is 13.1. The van der Waals surface area contributed by atoms with Crippen molar-refractivity contribution < 1.29 is 19.1 Å². The number of anilines is 1. The summed E-state index contributed by atoms with van der Waals surface area (Å²) in [5.74, 6) is -0.458. The summed E-state index contributed by atoms with van der Waals surface area (Å²) in [6.45, 7) is 1.23. The number of ether oxygens (including phenoxy) is 2. The van der Waals surface area contributed by atoms with Crippen LogP contribution in [0.3, 0.4) is 0 Å². The Kier molecular flexibility index (Phi) is 6.17. The lowest BCUT2D eigenvalue weighted by molar-refractivity contribution is -0.149. The minimum atomic E-state index is -0.613. The first-order valence-corrected chi connectivity index (χ1v) is 9.14. The van der Waals surface area contributed by atoms with Gasteiger partial charge in [-0.15, -0.1) is 11.3 Å². The highest BCUT2D eigenvalue weighted by atomic mass is 32.1. The van der Waals surface area contributed by atoms with Crippen LogP contribution in [-0.4, -0.2) is 30.1 Å². The van der Waals surface area contributed by atoms with Crippen LogP contribution in [0.15, 0.2) is 60.0 Å². The average Bonchev–Trinajstić information content (AvgIpc) is 3.15. The SMILES string of the molecule is Cc1ccccc1OCC(=O)OCC(=O)Nc1nc(-c2ccccc2)cs1. The molecule has 0 aliphatic rings. The number of hydrogen-bond acceptors (Lipinski definition) is 6. The molecule has 138 valence electrons. The number of aryl methyl sites for hydroxylation is 1. The standard InChI is InChI=1S/C20H18N2O4S/c1-14-7-5-6-10-17(14)25-12-19(24)26-11-18(23)22-20-21-16(13-27-20)15-8-3-2-4-9-15/h2-10,13H,11-12H2,1H3,(H,21,22,23). The number of carbonyl (C=O) groups excluding carboxylic acids is 2. The number of esters is 1. The molecule has 1 heterocycles. The highest BCUT2D eigenvalue weighted by Crippen LogP contribution is 2.24. The van der Waals surface area contributed by atoms with Crippen molar-refractivity contribution in [3.05, 3.63) is 65.5 Å². The van der Waals surface area contributed by atoms with Crippen LogP contribution in [0.4, 0.5) is 5.13 Å². The molecule has 1 amide bonds. The zero-order valence-corrected chi connectivity index (χ0v) is 15.5. The van der Waals surface area contributed by atoms with Crippen LogP contribution in [0.1, 0.15) is 5.56 Å². The van der Waals surface area contributed by atoms with Gasteiger partial charge in [0.25, 0.3) is 5.91 Å². The summed E-state index contributed by atoms with van der Waals surface area (Å²) >= 11 is 1.31. The third-order valence-electron chi connectivity index (χ3n) is 3.62. The van der Waals surface area contributed by atoms with Gasteiger partial charge in [-0.1, -0.05) is 48.5 Å². The van der Waals surface area contributed by atoms with E-state index in [9.17, 15) is 9.59 Å². The van der Waals surface area contributed by atoms with Gasteiger partial charge in [-0.3, -0.25) is 10.1 Å². The number of rotatable bonds is 7. The molecule has 0 unspecified atom stereocenters. The van der Waals surface area contributed by atoms with E-state index in [0.717, 1.165) is 16.8 Å². The summed E-state index contributed by atoms with van der Waals surface area (Å²) in [5, 5.41) is 4.92. The van der Waals surface area contributed by atoms with Gasteiger partial charge in [0.15, 0.2) is 18.3 Å². The van der Waals surface area contributed by atoms with Gasteiger partial charge in [0.05, 0.1) is 5.69 Å². The Morgan fingerprint density at radius 2 is 1.78 bits per heavy atom. The largest absolute Gasteiger partial charge is 0.482 e. The number of aromatic nitrogens is 1. The Morgan fingerprint density at radius 1 is 1.04 bits per heavy atom. The van der Waals surface area contributed by atoms with E-state index in [-0.39, 0.29) is 6.61 Å².